The standard InChI is InChI=1S/C31H23Cl2OP/c32-28-21-20-23(22-29(28)33)31-27-18-10-11-19-30(27)35(34-31,24-12-4-1-5-13-24,25-14-6-2-7-15-25)26-16-8-3-9-17-26/h1-22,31H. The molecule has 1 heterocycles. The Balaban J connectivity index is 1.80. The second-order valence-corrected chi connectivity index (χ2v) is 13.9. The average Bonchev–Trinajstić information content (AvgIpc) is 3.26. The topological polar surface area (TPSA) is 9.23 Å². The van der Waals surface area contributed by atoms with Crippen LogP contribution in [0.15, 0.2) is 133 Å². The van der Waals surface area contributed by atoms with E-state index >= 15 is 0 Å². The zero-order valence-corrected chi connectivity index (χ0v) is 21.3. The molecular formula is C31H23Cl2OP. The molecule has 1 aliphatic heterocycles. The molecule has 4 heteroatoms. The van der Waals surface area contributed by atoms with Gasteiger partial charge in [0.15, 0.2) is 0 Å². The van der Waals surface area contributed by atoms with Gasteiger partial charge in [0.25, 0.3) is 0 Å². The van der Waals surface area contributed by atoms with Crippen molar-refractivity contribution in [1.82, 2.24) is 0 Å². The first-order valence-electron chi connectivity index (χ1n) is 11.6. The molecule has 0 N–H and O–H groups in total. The fourth-order valence-corrected chi connectivity index (χ4v) is 12.0. The van der Waals surface area contributed by atoms with Crippen LogP contribution in [0.25, 0.3) is 0 Å². The summed E-state index contributed by atoms with van der Waals surface area (Å²) in [5.41, 5.74) is 2.14. The Labute approximate surface area is 215 Å². The van der Waals surface area contributed by atoms with E-state index in [9.17, 15) is 0 Å². The molecule has 0 bridgehead atoms. The van der Waals surface area contributed by atoms with Gasteiger partial charge in [0, 0.05) is 0 Å². The molecule has 1 unspecified atom stereocenters. The maximum atomic E-state index is 7.68. The van der Waals surface area contributed by atoms with Gasteiger partial charge in [0.05, 0.1) is 0 Å². The van der Waals surface area contributed by atoms with E-state index in [2.05, 4.69) is 115 Å². The molecule has 0 fully saturated rings. The molecule has 0 aromatic heterocycles. The average molecular weight is 513 g/mol. The minimum atomic E-state index is -3.61. The van der Waals surface area contributed by atoms with E-state index in [-0.39, 0.29) is 6.10 Å². The van der Waals surface area contributed by atoms with Gasteiger partial charge in [-0.15, -0.1) is 0 Å². The van der Waals surface area contributed by atoms with E-state index in [1.165, 1.54) is 21.2 Å². The number of fused-ring (bicyclic) bond motifs is 1. The predicted molar refractivity (Wildman–Crippen MR) is 151 cm³/mol. The molecule has 0 saturated heterocycles. The van der Waals surface area contributed by atoms with Gasteiger partial charge in [0.2, 0.25) is 0 Å². The molecule has 0 radical (unpaired) electrons. The molecule has 0 aliphatic carbocycles. The number of hydrogen-bond acceptors (Lipinski definition) is 1. The van der Waals surface area contributed by atoms with Gasteiger partial charge < -0.3 is 0 Å². The van der Waals surface area contributed by atoms with Crippen molar-refractivity contribution >= 4 is 51.3 Å². The van der Waals surface area contributed by atoms with E-state index in [1.807, 2.05) is 18.2 Å². The van der Waals surface area contributed by atoms with Crippen LogP contribution in [0, 0.1) is 0 Å². The summed E-state index contributed by atoms with van der Waals surface area (Å²) < 4.78 is 7.68. The quantitative estimate of drug-likeness (QED) is 0.231. The Morgan fingerprint density at radius 1 is 0.514 bits per heavy atom. The molecule has 172 valence electrons. The summed E-state index contributed by atoms with van der Waals surface area (Å²) in [5.74, 6) is 0. The third-order valence-corrected chi connectivity index (χ3v) is 13.5. The Morgan fingerprint density at radius 2 is 1.00 bits per heavy atom. The third kappa shape index (κ3) is 3.17. The summed E-state index contributed by atoms with van der Waals surface area (Å²) in [7, 11) is 0. The molecule has 5 aromatic rings. The SMILES string of the molecule is Clc1ccc(C2OP(c3ccccc3)(c3ccccc3)(c3ccccc3)c3ccccc32)cc1Cl. The molecule has 1 nitrogen and oxygen atoms in total. The van der Waals surface area contributed by atoms with E-state index < -0.39 is 6.83 Å². The van der Waals surface area contributed by atoms with Gasteiger partial charge in [-0.05, 0) is 0 Å². The maximum absolute atomic E-state index is 7.68. The van der Waals surface area contributed by atoms with Gasteiger partial charge in [-0.3, -0.25) is 0 Å². The number of rotatable bonds is 4. The van der Waals surface area contributed by atoms with Crippen LogP contribution in [0.4, 0.5) is 0 Å². The molecule has 0 spiro atoms. The van der Waals surface area contributed by atoms with Crippen molar-refractivity contribution in [2.24, 2.45) is 0 Å². The third-order valence-electron chi connectivity index (χ3n) is 6.99. The summed E-state index contributed by atoms with van der Waals surface area (Å²) in [6, 6.07) is 46.5. The van der Waals surface area contributed by atoms with Crippen molar-refractivity contribution in [3.63, 3.8) is 0 Å². The molecule has 0 amide bonds. The van der Waals surface area contributed by atoms with Crippen LogP contribution >= 0.6 is 30.0 Å². The van der Waals surface area contributed by atoms with Gasteiger partial charge in [-0.2, -0.15) is 0 Å². The van der Waals surface area contributed by atoms with Gasteiger partial charge in [-0.1, -0.05) is 0 Å². The summed E-state index contributed by atoms with van der Waals surface area (Å²) in [4.78, 5) is 0. The van der Waals surface area contributed by atoms with Crippen molar-refractivity contribution in [2.45, 2.75) is 6.10 Å². The zero-order valence-electron chi connectivity index (χ0n) is 18.9. The van der Waals surface area contributed by atoms with E-state index in [0.29, 0.717) is 10.0 Å². The van der Waals surface area contributed by atoms with E-state index in [4.69, 9.17) is 27.7 Å². The predicted octanol–water partition coefficient (Wildman–Crippen LogP) is 7.18. The first-order valence-corrected chi connectivity index (χ1v) is 14.5. The number of benzene rings is 5. The van der Waals surface area contributed by atoms with Crippen LogP contribution in [0.3, 0.4) is 0 Å². The first-order chi connectivity index (χ1) is 17.1. The fourth-order valence-electron chi connectivity index (χ4n) is 5.52. The van der Waals surface area contributed by atoms with Crippen LogP contribution in [-0.4, -0.2) is 0 Å². The molecule has 1 atom stereocenters. The second kappa shape index (κ2) is 8.63. The molecule has 6 rings (SSSR count). The van der Waals surface area contributed by atoms with Crippen LogP contribution in [0.5, 0.6) is 0 Å². The molecular weight excluding hydrogens is 490 g/mol. The van der Waals surface area contributed by atoms with Gasteiger partial charge >= 0.3 is 217 Å². The Hall–Kier alpha value is -2.93. The van der Waals surface area contributed by atoms with Gasteiger partial charge in [0.1, 0.15) is 0 Å². The van der Waals surface area contributed by atoms with E-state index in [1.54, 1.807) is 0 Å². The summed E-state index contributed by atoms with van der Waals surface area (Å²) in [5, 5.41) is 5.80. The molecule has 0 saturated carbocycles. The fraction of sp³-hybridized carbons (Fsp3) is 0.0323. The summed E-state index contributed by atoms with van der Waals surface area (Å²) >= 11 is 12.8. The molecule has 5 aromatic carbocycles. The Morgan fingerprint density at radius 3 is 1.51 bits per heavy atom. The first kappa shape index (κ1) is 22.5. The van der Waals surface area contributed by atoms with Gasteiger partial charge in [-0.25, -0.2) is 0 Å². The van der Waals surface area contributed by atoms with Crippen LogP contribution in [0.1, 0.15) is 17.2 Å². The van der Waals surface area contributed by atoms with Crippen LogP contribution in [-0.2, 0) is 4.52 Å². The van der Waals surface area contributed by atoms with Crippen molar-refractivity contribution in [2.75, 3.05) is 0 Å². The van der Waals surface area contributed by atoms with Crippen molar-refractivity contribution in [1.29, 1.82) is 0 Å². The number of halogens is 2. The van der Waals surface area contributed by atoms with Crippen molar-refractivity contribution in [3.8, 4) is 0 Å². The normalized spacial score (nSPS) is 18.8. The molecule has 1 aliphatic rings. The molecule has 35 heavy (non-hydrogen) atoms. The minimum absolute atomic E-state index is 0.306. The Kier molecular flexibility index (Phi) is 5.55. The van der Waals surface area contributed by atoms with Crippen molar-refractivity contribution < 1.29 is 4.52 Å². The summed E-state index contributed by atoms with van der Waals surface area (Å²) in [6.07, 6.45) is -0.306. The Bertz CT molecular complexity index is 1400. The monoisotopic (exact) mass is 512 g/mol. The summed E-state index contributed by atoms with van der Waals surface area (Å²) in [6.45, 7) is -3.61. The van der Waals surface area contributed by atoms with Crippen LogP contribution in [0.2, 0.25) is 10.0 Å². The van der Waals surface area contributed by atoms with Crippen LogP contribution < -0.4 is 21.2 Å². The zero-order chi connectivity index (χ0) is 23.9. The second-order valence-electron chi connectivity index (χ2n) is 8.76. The van der Waals surface area contributed by atoms with E-state index in [0.717, 1.165) is 11.1 Å². The van der Waals surface area contributed by atoms with Crippen molar-refractivity contribution in [3.05, 3.63) is 155 Å². The number of hydrogen-bond donors (Lipinski definition) is 0.